The minimum absolute atomic E-state index is 0.0753. The van der Waals surface area contributed by atoms with Crippen LogP contribution in [-0.4, -0.2) is 36.6 Å². The molecule has 4 nitrogen and oxygen atoms in total. The zero-order chi connectivity index (χ0) is 17.5. The summed E-state index contributed by atoms with van der Waals surface area (Å²) in [6.45, 7) is 1.57. The number of rotatable bonds is 8. The van der Waals surface area contributed by atoms with Gasteiger partial charge in [0.2, 0.25) is 5.91 Å². The number of nitrogens with two attached hydrogens (primary N) is 1. The van der Waals surface area contributed by atoms with Crippen molar-refractivity contribution in [1.29, 1.82) is 0 Å². The summed E-state index contributed by atoms with van der Waals surface area (Å²) >= 11 is 1.59. The molecule has 0 bridgehead atoms. The summed E-state index contributed by atoms with van der Waals surface area (Å²) in [5, 5.41) is 2.64. The van der Waals surface area contributed by atoms with E-state index in [0.29, 0.717) is 6.42 Å². The Morgan fingerprint density at radius 2 is 2.04 bits per heavy atom. The van der Waals surface area contributed by atoms with Crippen LogP contribution in [-0.2, 0) is 11.0 Å². The maximum absolute atomic E-state index is 12.8. The van der Waals surface area contributed by atoms with Gasteiger partial charge in [0.05, 0.1) is 17.6 Å². The molecule has 1 aromatic carbocycles. The zero-order valence-electron chi connectivity index (χ0n) is 13.0. The summed E-state index contributed by atoms with van der Waals surface area (Å²) in [6, 6.07) is 3.88. The number of ether oxygens (including phenoxy) is 1. The number of amides is 1. The lowest BCUT2D eigenvalue weighted by Crippen LogP contribution is -2.46. The molecule has 1 amide bonds. The van der Waals surface area contributed by atoms with Crippen LogP contribution in [0.3, 0.4) is 0 Å². The molecule has 1 unspecified atom stereocenters. The fourth-order valence-electron chi connectivity index (χ4n) is 1.81. The maximum atomic E-state index is 12.8. The highest BCUT2D eigenvalue weighted by molar-refractivity contribution is 7.98. The highest BCUT2D eigenvalue weighted by Gasteiger charge is 2.34. The Labute approximate surface area is 138 Å². The molecule has 0 aromatic heterocycles. The van der Waals surface area contributed by atoms with E-state index in [1.165, 1.54) is 18.2 Å². The SMILES string of the molecule is CSCC[C@H](N)C(=O)NC(C)COc1ccccc1C(F)(F)F. The van der Waals surface area contributed by atoms with Gasteiger partial charge in [-0.3, -0.25) is 4.79 Å². The molecule has 0 aliphatic carbocycles. The number of alkyl halides is 3. The first-order valence-corrected chi connectivity index (χ1v) is 8.49. The third kappa shape index (κ3) is 6.70. The fraction of sp³-hybridized carbons (Fsp3) is 0.533. The second-order valence-electron chi connectivity index (χ2n) is 5.10. The minimum atomic E-state index is -4.48. The van der Waals surface area contributed by atoms with Crippen LogP contribution in [0.15, 0.2) is 24.3 Å². The maximum Gasteiger partial charge on any atom is 0.419 e. The Morgan fingerprint density at radius 1 is 1.39 bits per heavy atom. The molecule has 0 fully saturated rings. The van der Waals surface area contributed by atoms with E-state index in [4.69, 9.17) is 10.5 Å². The molecule has 2 atom stereocenters. The number of para-hydroxylation sites is 1. The Morgan fingerprint density at radius 3 is 2.65 bits per heavy atom. The minimum Gasteiger partial charge on any atom is -0.491 e. The van der Waals surface area contributed by atoms with Crippen molar-refractivity contribution >= 4 is 17.7 Å². The van der Waals surface area contributed by atoms with Gasteiger partial charge in [0, 0.05) is 0 Å². The number of hydrogen-bond acceptors (Lipinski definition) is 4. The van der Waals surface area contributed by atoms with Crippen molar-refractivity contribution in [2.24, 2.45) is 5.73 Å². The molecule has 23 heavy (non-hydrogen) atoms. The number of nitrogens with one attached hydrogen (secondary N) is 1. The van der Waals surface area contributed by atoms with Gasteiger partial charge in [0.1, 0.15) is 12.4 Å². The van der Waals surface area contributed by atoms with E-state index in [0.717, 1.165) is 11.8 Å². The number of carbonyl (C=O) groups excluding carboxylic acids is 1. The fourth-order valence-corrected chi connectivity index (χ4v) is 2.30. The molecule has 0 radical (unpaired) electrons. The van der Waals surface area contributed by atoms with Crippen LogP contribution < -0.4 is 15.8 Å². The summed E-state index contributed by atoms with van der Waals surface area (Å²) in [6.07, 6.45) is -2.03. The first-order chi connectivity index (χ1) is 10.8. The number of halogens is 3. The van der Waals surface area contributed by atoms with Gasteiger partial charge in [-0.25, -0.2) is 0 Å². The molecule has 8 heteroatoms. The molecule has 0 heterocycles. The Hall–Kier alpha value is -1.41. The number of thioether (sulfide) groups is 1. The number of benzene rings is 1. The molecular formula is C15H21F3N2O2S. The first-order valence-electron chi connectivity index (χ1n) is 7.09. The van der Waals surface area contributed by atoms with Crippen LogP contribution in [0.5, 0.6) is 5.75 Å². The Kier molecular flexibility index (Phi) is 7.70. The molecule has 0 saturated carbocycles. The molecule has 1 rings (SSSR count). The predicted octanol–water partition coefficient (Wildman–Crippen LogP) is 2.67. The van der Waals surface area contributed by atoms with Gasteiger partial charge in [-0.05, 0) is 37.5 Å². The first kappa shape index (κ1) is 19.6. The Bertz CT molecular complexity index is 512. The van der Waals surface area contributed by atoms with Crippen molar-refractivity contribution in [2.75, 3.05) is 18.6 Å². The molecule has 0 aliphatic rings. The lowest BCUT2D eigenvalue weighted by molar-refractivity contribution is -0.139. The lowest BCUT2D eigenvalue weighted by Gasteiger charge is -2.19. The van der Waals surface area contributed by atoms with Gasteiger partial charge in [-0.1, -0.05) is 12.1 Å². The summed E-state index contributed by atoms with van der Waals surface area (Å²) in [4.78, 5) is 11.8. The summed E-state index contributed by atoms with van der Waals surface area (Å²) in [7, 11) is 0. The van der Waals surface area contributed by atoms with E-state index in [1.54, 1.807) is 18.7 Å². The monoisotopic (exact) mass is 350 g/mol. The van der Waals surface area contributed by atoms with Gasteiger partial charge in [-0.15, -0.1) is 0 Å². The molecule has 3 N–H and O–H groups in total. The largest absolute Gasteiger partial charge is 0.491 e. The van der Waals surface area contributed by atoms with E-state index >= 15 is 0 Å². The highest BCUT2D eigenvalue weighted by atomic mass is 32.2. The van der Waals surface area contributed by atoms with Gasteiger partial charge >= 0.3 is 6.18 Å². The lowest BCUT2D eigenvalue weighted by atomic mass is 10.2. The second-order valence-corrected chi connectivity index (χ2v) is 6.09. The van der Waals surface area contributed by atoms with Crippen molar-refractivity contribution in [3.05, 3.63) is 29.8 Å². The van der Waals surface area contributed by atoms with Gasteiger partial charge in [-0.2, -0.15) is 24.9 Å². The van der Waals surface area contributed by atoms with E-state index in [-0.39, 0.29) is 18.3 Å². The third-order valence-corrected chi connectivity index (χ3v) is 3.68. The second kappa shape index (κ2) is 9.02. The topological polar surface area (TPSA) is 64.4 Å². The molecule has 130 valence electrons. The van der Waals surface area contributed by atoms with Gasteiger partial charge in [0.25, 0.3) is 0 Å². The predicted molar refractivity (Wildman–Crippen MR) is 85.5 cm³/mol. The third-order valence-electron chi connectivity index (χ3n) is 3.04. The highest BCUT2D eigenvalue weighted by Crippen LogP contribution is 2.35. The molecular weight excluding hydrogens is 329 g/mol. The zero-order valence-corrected chi connectivity index (χ0v) is 13.8. The van der Waals surface area contributed by atoms with Crippen LogP contribution in [0.1, 0.15) is 18.9 Å². The van der Waals surface area contributed by atoms with E-state index in [1.807, 2.05) is 6.26 Å². The summed E-state index contributed by atoms with van der Waals surface area (Å²) in [5.74, 6) is 0.172. The van der Waals surface area contributed by atoms with Crippen molar-refractivity contribution in [2.45, 2.75) is 31.6 Å². The van der Waals surface area contributed by atoms with Crippen LogP contribution in [0.4, 0.5) is 13.2 Å². The van der Waals surface area contributed by atoms with E-state index < -0.39 is 23.8 Å². The Balaban J connectivity index is 2.54. The molecule has 0 aliphatic heterocycles. The van der Waals surface area contributed by atoms with Gasteiger partial charge in [0.15, 0.2) is 0 Å². The molecule has 0 saturated heterocycles. The quantitative estimate of drug-likeness (QED) is 0.757. The average Bonchev–Trinajstić information content (AvgIpc) is 2.49. The number of carbonyl (C=O) groups is 1. The standard InChI is InChI=1S/C15H21F3N2O2S/c1-10(20-14(21)12(19)7-8-23-2)9-22-13-6-4-3-5-11(13)15(16,17)18/h3-6,10,12H,7-9,19H2,1-2H3,(H,20,21)/t10?,12-/m0/s1. The van der Waals surface area contributed by atoms with Crippen LogP contribution >= 0.6 is 11.8 Å². The van der Waals surface area contributed by atoms with Gasteiger partial charge < -0.3 is 15.8 Å². The van der Waals surface area contributed by atoms with Crippen LogP contribution in [0.2, 0.25) is 0 Å². The smallest absolute Gasteiger partial charge is 0.419 e. The van der Waals surface area contributed by atoms with E-state index in [9.17, 15) is 18.0 Å². The van der Waals surface area contributed by atoms with E-state index in [2.05, 4.69) is 5.32 Å². The normalized spacial score (nSPS) is 14.2. The molecule has 1 aromatic rings. The van der Waals surface area contributed by atoms with Crippen molar-refractivity contribution < 1.29 is 22.7 Å². The average molecular weight is 350 g/mol. The summed E-state index contributed by atoms with van der Waals surface area (Å²) < 4.78 is 43.7. The van der Waals surface area contributed by atoms with Crippen molar-refractivity contribution in [1.82, 2.24) is 5.32 Å². The summed E-state index contributed by atoms with van der Waals surface area (Å²) in [5.41, 5.74) is 4.89. The van der Waals surface area contributed by atoms with Crippen LogP contribution in [0, 0.1) is 0 Å². The van der Waals surface area contributed by atoms with Crippen LogP contribution in [0.25, 0.3) is 0 Å². The van der Waals surface area contributed by atoms with Crippen molar-refractivity contribution in [3.8, 4) is 5.75 Å². The van der Waals surface area contributed by atoms with Crippen molar-refractivity contribution in [3.63, 3.8) is 0 Å². The molecule has 0 spiro atoms. The number of hydrogen-bond donors (Lipinski definition) is 2.